The zero-order valence-corrected chi connectivity index (χ0v) is 8.34. The quantitative estimate of drug-likeness (QED) is 0.756. The Labute approximate surface area is 86.4 Å². The average Bonchev–Trinajstić information content (AvgIpc) is 2.06. The molecule has 82 valence electrons. The first kappa shape index (κ1) is 10.2. The summed E-state index contributed by atoms with van der Waals surface area (Å²) in [5.74, 6) is -1.25. The molecule has 0 saturated carbocycles. The summed E-state index contributed by atoms with van der Waals surface area (Å²) in [4.78, 5) is 1.60. The zero-order chi connectivity index (χ0) is 11.0. The first-order chi connectivity index (χ1) is 7.11. The van der Waals surface area contributed by atoms with Crippen molar-refractivity contribution < 1.29 is 13.5 Å². The van der Waals surface area contributed by atoms with Crippen LogP contribution in [0.4, 0.5) is 20.2 Å². The molecular formula is C10H12F2N2O. The number of methoxy groups -OCH3 is 1. The predicted molar refractivity (Wildman–Crippen MR) is 53.8 cm³/mol. The molecule has 5 heteroatoms. The molecule has 1 aliphatic rings. The normalized spacial score (nSPS) is 16.6. The van der Waals surface area contributed by atoms with Gasteiger partial charge in [-0.2, -0.15) is 0 Å². The van der Waals surface area contributed by atoms with Gasteiger partial charge in [-0.05, 0) is 12.1 Å². The van der Waals surface area contributed by atoms with Crippen LogP contribution in [0, 0.1) is 11.6 Å². The molecule has 0 aromatic heterocycles. The van der Waals surface area contributed by atoms with Gasteiger partial charge in [0.1, 0.15) is 5.69 Å². The lowest BCUT2D eigenvalue weighted by molar-refractivity contribution is 0.0780. The number of hydrogen-bond donors (Lipinski definition) is 1. The lowest BCUT2D eigenvalue weighted by atomic mass is 10.1. The molecule has 0 amide bonds. The number of nitrogen functional groups attached to an aromatic ring is 1. The van der Waals surface area contributed by atoms with Gasteiger partial charge in [-0.15, -0.1) is 0 Å². The third-order valence-electron chi connectivity index (χ3n) is 2.54. The van der Waals surface area contributed by atoms with E-state index in [1.54, 1.807) is 12.0 Å². The highest BCUT2D eigenvalue weighted by atomic mass is 19.1. The highest BCUT2D eigenvalue weighted by Crippen LogP contribution is 2.29. The van der Waals surface area contributed by atoms with E-state index in [9.17, 15) is 8.78 Å². The summed E-state index contributed by atoms with van der Waals surface area (Å²) in [5.41, 5.74) is 5.40. The van der Waals surface area contributed by atoms with Crippen LogP contribution in [-0.2, 0) is 4.74 Å². The average molecular weight is 214 g/mol. The van der Waals surface area contributed by atoms with Crippen LogP contribution in [0.1, 0.15) is 0 Å². The smallest absolute Gasteiger partial charge is 0.151 e. The topological polar surface area (TPSA) is 38.5 Å². The Balaban J connectivity index is 2.22. The molecule has 1 aliphatic heterocycles. The van der Waals surface area contributed by atoms with E-state index in [1.807, 2.05) is 0 Å². The van der Waals surface area contributed by atoms with Crippen molar-refractivity contribution in [3.8, 4) is 0 Å². The number of halogens is 2. The number of rotatable bonds is 2. The molecule has 0 spiro atoms. The highest BCUT2D eigenvalue weighted by molar-refractivity contribution is 5.57. The van der Waals surface area contributed by atoms with Gasteiger partial charge in [0.2, 0.25) is 0 Å². The summed E-state index contributed by atoms with van der Waals surface area (Å²) in [5, 5.41) is 0. The lowest BCUT2D eigenvalue weighted by Crippen LogP contribution is -2.52. The van der Waals surface area contributed by atoms with Gasteiger partial charge in [-0.3, -0.25) is 0 Å². The molecule has 15 heavy (non-hydrogen) atoms. The maximum absolute atomic E-state index is 13.4. The third kappa shape index (κ3) is 1.74. The Morgan fingerprint density at radius 3 is 2.33 bits per heavy atom. The van der Waals surface area contributed by atoms with E-state index in [4.69, 9.17) is 10.5 Å². The van der Waals surface area contributed by atoms with Crippen molar-refractivity contribution in [1.82, 2.24) is 0 Å². The Morgan fingerprint density at radius 1 is 1.33 bits per heavy atom. The molecule has 1 fully saturated rings. The molecule has 0 aliphatic carbocycles. The van der Waals surface area contributed by atoms with Crippen molar-refractivity contribution in [3.63, 3.8) is 0 Å². The Hall–Kier alpha value is -1.36. The van der Waals surface area contributed by atoms with Crippen molar-refractivity contribution in [2.24, 2.45) is 0 Å². The van der Waals surface area contributed by atoms with Gasteiger partial charge in [0, 0.05) is 25.9 Å². The molecule has 1 aromatic carbocycles. The van der Waals surface area contributed by atoms with E-state index >= 15 is 0 Å². The second-order valence-electron chi connectivity index (χ2n) is 3.60. The molecule has 1 aromatic rings. The van der Waals surface area contributed by atoms with E-state index < -0.39 is 11.6 Å². The van der Waals surface area contributed by atoms with E-state index in [0.717, 1.165) is 12.1 Å². The number of nitrogens with zero attached hydrogens (tertiary/aromatic N) is 1. The first-order valence-electron chi connectivity index (χ1n) is 4.64. The highest BCUT2D eigenvalue weighted by Gasteiger charge is 2.30. The van der Waals surface area contributed by atoms with Gasteiger partial charge in [0.05, 0.1) is 6.10 Å². The van der Waals surface area contributed by atoms with Gasteiger partial charge in [-0.1, -0.05) is 0 Å². The van der Waals surface area contributed by atoms with E-state index in [0.29, 0.717) is 13.1 Å². The van der Waals surface area contributed by atoms with Crippen molar-refractivity contribution >= 4 is 11.4 Å². The van der Waals surface area contributed by atoms with E-state index in [-0.39, 0.29) is 17.5 Å². The minimum Gasteiger partial charge on any atom is -0.399 e. The van der Waals surface area contributed by atoms with Gasteiger partial charge < -0.3 is 15.4 Å². The number of anilines is 2. The SMILES string of the molecule is COC1CN(c2c(F)cc(N)cc2F)C1. The first-order valence-corrected chi connectivity index (χ1v) is 4.64. The summed E-state index contributed by atoms with van der Waals surface area (Å²) >= 11 is 0. The monoisotopic (exact) mass is 214 g/mol. The Kier molecular flexibility index (Phi) is 2.48. The fourth-order valence-corrected chi connectivity index (χ4v) is 1.66. The van der Waals surface area contributed by atoms with Gasteiger partial charge >= 0.3 is 0 Å². The predicted octanol–water partition coefficient (Wildman–Crippen LogP) is 1.38. The number of ether oxygens (including phenoxy) is 1. The molecule has 2 N–H and O–H groups in total. The summed E-state index contributed by atoms with van der Waals surface area (Å²) in [6.45, 7) is 1.02. The van der Waals surface area contributed by atoms with Gasteiger partial charge in [0.25, 0.3) is 0 Å². The van der Waals surface area contributed by atoms with Crippen LogP contribution >= 0.6 is 0 Å². The van der Waals surface area contributed by atoms with Crippen molar-refractivity contribution in [2.75, 3.05) is 30.8 Å². The van der Waals surface area contributed by atoms with Crippen LogP contribution in [0.5, 0.6) is 0 Å². The number of hydrogen-bond acceptors (Lipinski definition) is 3. The van der Waals surface area contributed by atoms with Crippen LogP contribution in [0.15, 0.2) is 12.1 Å². The molecule has 0 unspecified atom stereocenters. The molecule has 0 radical (unpaired) electrons. The second-order valence-corrected chi connectivity index (χ2v) is 3.60. The molecule has 3 nitrogen and oxygen atoms in total. The van der Waals surface area contributed by atoms with Crippen molar-refractivity contribution in [3.05, 3.63) is 23.8 Å². The third-order valence-corrected chi connectivity index (χ3v) is 2.54. The molecule has 2 rings (SSSR count). The standard InChI is InChI=1S/C10H12F2N2O/c1-15-7-4-14(5-7)10-8(11)2-6(13)3-9(10)12/h2-3,7H,4-5,13H2,1H3. The molecule has 1 heterocycles. The number of nitrogens with two attached hydrogens (primary N) is 1. The van der Waals surface area contributed by atoms with Crippen molar-refractivity contribution in [1.29, 1.82) is 0 Å². The van der Waals surface area contributed by atoms with Crippen LogP contribution in [0.2, 0.25) is 0 Å². The summed E-state index contributed by atoms with van der Waals surface area (Å²) in [6, 6.07) is 2.25. The Morgan fingerprint density at radius 2 is 1.87 bits per heavy atom. The minimum atomic E-state index is -0.623. The molecule has 0 atom stereocenters. The maximum Gasteiger partial charge on any atom is 0.151 e. The molecular weight excluding hydrogens is 202 g/mol. The van der Waals surface area contributed by atoms with Crippen LogP contribution in [0.25, 0.3) is 0 Å². The molecule has 0 bridgehead atoms. The van der Waals surface area contributed by atoms with Crippen LogP contribution in [0.3, 0.4) is 0 Å². The van der Waals surface area contributed by atoms with E-state index in [2.05, 4.69) is 0 Å². The van der Waals surface area contributed by atoms with Crippen LogP contribution in [-0.4, -0.2) is 26.3 Å². The van der Waals surface area contributed by atoms with Crippen molar-refractivity contribution in [2.45, 2.75) is 6.10 Å². The van der Waals surface area contributed by atoms with Gasteiger partial charge in [0.15, 0.2) is 11.6 Å². The maximum atomic E-state index is 13.4. The lowest BCUT2D eigenvalue weighted by Gasteiger charge is -2.40. The molecule has 1 saturated heterocycles. The van der Waals surface area contributed by atoms with Gasteiger partial charge in [-0.25, -0.2) is 8.78 Å². The number of benzene rings is 1. The Bertz CT molecular complexity index is 355. The second kappa shape index (κ2) is 3.66. The summed E-state index contributed by atoms with van der Waals surface area (Å²) in [7, 11) is 1.58. The fraction of sp³-hybridized carbons (Fsp3) is 0.400. The fourth-order valence-electron chi connectivity index (χ4n) is 1.66. The minimum absolute atomic E-state index is 0.0162. The summed E-state index contributed by atoms with van der Waals surface area (Å²) < 4.78 is 31.9. The van der Waals surface area contributed by atoms with Crippen LogP contribution < -0.4 is 10.6 Å². The largest absolute Gasteiger partial charge is 0.399 e. The zero-order valence-electron chi connectivity index (χ0n) is 8.34. The summed E-state index contributed by atoms with van der Waals surface area (Å²) in [6.07, 6.45) is 0.0568. The van der Waals surface area contributed by atoms with E-state index in [1.165, 1.54) is 0 Å².